The minimum Gasteiger partial charge on any atom is -0.353 e. The highest BCUT2D eigenvalue weighted by atomic mass is 15.3. The largest absolute Gasteiger partial charge is 0.353 e. The molecule has 0 N–H and O–H groups in total. The smallest absolute Gasteiger partial charge is 0.232 e. The van der Waals surface area contributed by atoms with Crippen LogP contribution in [0.3, 0.4) is 0 Å². The zero-order valence-electron chi connectivity index (χ0n) is 15.6. The topological polar surface area (TPSA) is 32.3 Å². The Hall–Kier alpha value is -2.10. The molecule has 25 heavy (non-hydrogen) atoms. The Morgan fingerprint density at radius 3 is 2.84 bits per heavy atom. The Morgan fingerprint density at radius 1 is 1.16 bits per heavy atom. The molecule has 1 saturated heterocycles. The molecule has 2 atom stereocenters. The van der Waals surface area contributed by atoms with Crippen molar-refractivity contribution in [2.24, 2.45) is 0 Å². The molecule has 1 aromatic heterocycles. The molecule has 0 amide bonds. The van der Waals surface area contributed by atoms with E-state index < -0.39 is 0 Å². The number of aryl methyl sites for hydroxylation is 1. The molecule has 0 bridgehead atoms. The van der Waals surface area contributed by atoms with Gasteiger partial charge in [0.1, 0.15) is 5.82 Å². The molecule has 132 valence electrons. The van der Waals surface area contributed by atoms with Crippen molar-refractivity contribution in [2.45, 2.75) is 65.0 Å². The lowest BCUT2D eigenvalue weighted by Gasteiger charge is -2.36. The van der Waals surface area contributed by atoms with E-state index in [4.69, 9.17) is 9.97 Å². The first-order chi connectivity index (χ1) is 12.2. The molecule has 2 aliphatic rings. The average Bonchev–Trinajstić information content (AvgIpc) is 2.96. The molecule has 1 aromatic carbocycles. The maximum atomic E-state index is 5.03. The number of benzene rings is 1. The van der Waals surface area contributed by atoms with Crippen LogP contribution in [0.15, 0.2) is 30.3 Å². The number of aromatic nitrogens is 2. The number of anilines is 3. The SMILES string of the molecule is CCC1CCCCN1c1cc(C)nc(N2c3ccccc3CC2C)n1. The van der Waals surface area contributed by atoms with Crippen LogP contribution in [-0.4, -0.2) is 28.6 Å². The number of para-hydroxylation sites is 1. The predicted octanol–water partition coefficient (Wildman–Crippen LogP) is 4.64. The van der Waals surface area contributed by atoms with Crippen LogP contribution >= 0.6 is 0 Å². The van der Waals surface area contributed by atoms with Gasteiger partial charge in [-0.1, -0.05) is 25.1 Å². The van der Waals surface area contributed by atoms with Crippen molar-refractivity contribution in [2.75, 3.05) is 16.3 Å². The van der Waals surface area contributed by atoms with Gasteiger partial charge >= 0.3 is 0 Å². The summed E-state index contributed by atoms with van der Waals surface area (Å²) in [7, 11) is 0. The van der Waals surface area contributed by atoms with Gasteiger partial charge in [-0.05, 0) is 57.6 Å². The minimum absolute atomic E-state index is 0.398. The number of fused-ring (bicyclic) bond motifs is 1. The molecule has 1 fully saturated rings. The lowest BCUT2D eigenvalue weighted by molar-refractivity contribution is 0.446. The fraction of sp³-hybridized carbons (Fsp3) is 0.524. The van der Waals surface area contributed by atoms with Gasteiger partial charge in [-0.15, -0.1) is 0 Å². The lowest BCUT2D eigenvalue weighted by atomic mass is 10.00. The van der Waals surface area contributed by atoms with Crippen molar-refractivity contribution in [1.29, 1.82) is 0 Å². The molecule has 2 aliphatic heterocycles. The molecule has 0 aliphatic carbocycles. The zero-order valence-corrected chi connectivity index (χ0v) is 15.6. The standard InChI is InChI=1S/C21H28N4/c1-4-18-10-7-8-12-24(18)20-13-15(2)22-21(23-20)25-16(3)14-17-9-5-6-11-19(17)25/h5-6,9,11,13,16,18H,4,7-8,10,12,14H2,1-3H3. The summed E-state index contributed by atoms with van der Waals surface area (Å²) < 4.78 is 0. The zero-order chi connectivity index (χ0) is 17.4. The van der Waals surface area contributed by atoms with E-state index in [9.17, 15) is 0 Å². The fourth-order valence-corrected chi connectivity index (χ4v) is 4.39. The van der Waals surface area contributed by atoms with Crippen LogP contribution in [0.1, 0.15) is 50.8 Å². The van der Waals surface area contributed by atoms with Crippen LogP contribution < -0.4 is 9.80 Å². The summed E-state index contributed by atoms with van der Waals surface area (Å²) in [6, 6.07) is 11.8. The number of hydrogen-bond donors (Lipinski definition) is 0. The van der Waals surface area contributed by atoms with Gasteiger partial charge < -0.3 is 9.80 Å². The van der Waals surface area contributed by atoms with E-state index in [1.165, 1.54) is 36.9 Å². The van der Waals surface area contributed by atoms with Crippen LogP contribution in [0.5, 0.6) is 0 Å². The second-order valence-corrected chi connectivity index (χ2v) is 7.47. The Labute approximate surface area is 150 Å². The monoisotopic (exact) mass is 336 g/mol. The molecular weight excluding hydrogens is 308 g/mol. The first kappa shape index (κ1) is 16.4. The summed E-state index contributed by atoms with van der Waals surface area (Å²) in [4.78, 5) is 14.7. The maximum Gasteiger partial charge on any atom is 0.232 e. The van der Waals surface area contributed by atoms with Crippen molar-refractivity contribution in [3.8, 4) is 0 Å². The van der Waals surface area contributed by atoms with E-state index in [2.05, 4.69) is 60.9 Å². The van der Waals surface area contributed by atoms with E-state index in [-0.39, 0.29) is 0 Å². The summed E-state index contributed by atoms with van der Waals surface area (Å²) in [6.45, 7) is 7.75. The van der Waals surface area contributed by atoms with Gasteiger partial charge in [-0.25, -0.2) is 4.98 Å². The van der Waals surface area contributed by atoms with Crippen LogP contribution in [0.4, 0.5) is 17.5 Å². The molecule has 4 rings (SSSR count). The quantitative estimate of drug-likeness (QED) is 0.817. The first-order valence-corrected chi connectivity index (χ1v) is 9.67. The van der Waals surface area contributed by atoms with Gasteiger partial charge in [-0.3, -0.25) is 0 Å². The van der Waals surface area contributed by atoms with Crippen molar-refractivity contribution in [3.05, 3.63) is 41.6 Å². The summed E-state index contributed by atoms with van der Waals surface area (Å²) in [5.74, 6) is 1.96. The highest BCUT2D eigenvalue weighted by Gasteiger charge is 2.30. The van der Waals surface area contributed by atoms with Crippen molar-refractivity contribution in [1.82, 2.24) is 9.97 Å². The van der Waals surface area contributed by atoms with Crippen molar-refractivity contribution < 1.29 is 0 Å². The average molecular weight is 336 g/mol. The summed E-state index contributed by atoms with van der Waals surface area (Å²) in [5.41, 5.74) is 3.71. The van der Waals surface area contributed by atoms with E-state index in [0.717, 1.165) is 30.4 Å². The second-order valence-electron chi connectivity index (χ2n) is 7.47. The van der Waals surface area contributed by atoms with E-state index in [1.807, 2.05) is 0 Å². The predicted molar refractivity (Wildman–Crippen MR) is 104 cm³/mol. The van der Waals surface area contributed by atoms with Crippen LogP contribution in [0.2, 0.25) is 0 Å². The molecule has 4 heteroatoms. The van der Waals surface area contributed by atoms with Crippen molar-refractivity contribution >= 4 is 17.5 Å². The van der Waals surface area contributed by atoms with Gasteiger partial charge in [0.05, 0.1) is 0 Å². The van der Waals surface area contributed by atoms with E-state index in [0.29, 0.717) is 12.1 Å². The Balaban J connectivity index is 1.73. The Bertz CT molecular complexity index is 757. The van der Waals surface area contributed by atoms with Gasteiger partial charge in [0, 0.05) is 36.1 Å². The highest BCUT2D eigenvalue weighted by molar-refractivity contribution is 5.68. The number of rotatable bonds is 3. The molecule has 2 unspecified atom stereocenters. The Morgan fingerprint density at radius 2 is 2.00 bits per heavy atom. The summed E-state index contributed by atoms with van der Waals surface area (Å²) in [5, 5.41) is 0. The highest BCUT2D eigenvalue weighted by Crippen LogP contribution is 2.37. The molecular formula is C21H28N4. The van der Waals surface area contributed by atoms with Gasteiger partial charge in [0.15, 0.2) is 0 Å². The third-order valence-corrected chi connectivity index (χ3v) is 5.64. The van der Waals surface area contributed by atoms with Crippen LogP contribution in [-0.2, 0) is 6.42 Å². The van der Waals surface area contributed by atoms with E-state index >= 15 is 0 Å². The molecule has 0 radical (unpaired) electrons. The first-order valence-electron chi connectivity index (χ1n) is 9.67. The maximum absolute atomic E-state index is 5.03. The molecule has 0 spiro atoms. The molecule has 0 saturated carbocycles. The van der Waals surface area contributed by atoms with Crippen molar-refractivity contribution in [3.63, 3.8) is 0 Å². The molecule has 3 heterocycles. The second kappa shape index (κ2) is 6.66. The van der Waals surface area contributed by atoms with Gasteiger partial charge in [-0.2, -0.15) is 4.98 Å². The van der Waals surface area contributed by atoms with E-state index in [1.54, 1.807) is 0 Å². The van der Waals surface area contributed by atoms with Gasteiger partial charge in [0.2, 0.25) is 5.95 Å². The van der Waals surface area contributed by atoms with Crippen LogP contribution in [0, 0.1) is 6.92 Å². The minimum atomic E-state index is 0.398. The normalized spacial score (nSPS) is 23.0. The molecule has 2 aromatic rings. The number of hydrogen-bond acceptors (Lipinski definition) is 4. The Kier molecular flexibility index (Phi) is 4.36. The number of piperidine rings is 1. The third-order valence-electron chi connectivity index (χ3n) is 5.64. The summed E-state index contributed by atoms with van der Waals surface area (Å²) >= 11 is 0. The molecule has 4 nitrogen and oxygen atoms in total. The lowest BCUT2D eigenvalue weighted by Crippen LogP contribution is -2.40. The van der Waals surface area contributed by atoms with Gasteiger partial charge in [0.25, 0.3) is 0 Å². The fourth-order valence-electron chi connectivity index (χ4n) is 4.39. The summed E-state index contributed by atoms with van der Waals surface area (Å²) in [6.07, 6.45) is 6.11. The third kappa shape index (κ3) is 2.99. The van der Waals surface area contributed by atoms with Crippen LogP contribution in [0.25, 0.3) is 0 Å². The number of nitrogens with zero attached hydrogens (tertiary/aromatic N) is 4.